The Morgan fingerprint density at radius 1 is 1.00 bits per heavy atom. The van der Waals surface area contributed by atoms with Gasteiger partial charge in [-0.25, -0.2) is 4.79 Å². The Labute approximate surface area is 131 Å². The van der Waals surface area contributed by atoms with Crippen molar-refractivity contribution in [3.8, 4) is 0 Å². The summed E-state index contributed by atoms with van der Waals surface area (Å²) in [5.74, 6) is -1.39. The van der Waals surface area contributed by atoms with Crippen LogP contribution in [0.15, 0.2) is 18.2 Å². The number of rotatable bonds is 6. The molecular formula is C13H14Cl2N2O4. The Kier molecular flexibility index (Phi) is 6.98. The third-order valence-electron chi connectivity index (χ3n) is 2.42. The molecule has 21 heavy (non-hydrogen) atoms. The Morgan fingerprint density at radius 3 is 2.14 bits per heavy atom. The molecule has 0 unspecified atom stereocenters. The van der Waals surface area contributed by atoms with Crippen molar-refractivity contribution >= 4 is 46.8 Å². The van der Waals surface area contributed by atoms with Crippen LogP contribution in [-0.2, 0) is 9.59 Å². The van der Waals surface area contributed by atoms with Gasteiger partial charge < -0.3 is 10.4 Å². The Morgan fingerprint density at radius 2 is 1.57 bits per heavy atom. The van der Waals surface area contributed by atoms with E-state index >= 15 is 0 Å². The maximum atomic E-state index is 11.6. The first-order valence-corrected chi connectivity index (χ1v) is 6.91. The number of carboxylic acid groups (broad SMARTS) is 1. The fraction of sp³-hybridized carbons (Fsp3) is 0.308. The van der Waals surface area contributed by atoms with Gasteiger partial charge in [-0.3, -0.25) is 14.9 Å². The summed E-state index contributed by atoms with van der Waals surface area (Å²) in [6.45, 7) is 0. The summed E-state index contributed by atoms with van der Waals surface area (Å²) in [4.78, 5) is 33.3. The summed E-state index contributed by atoms with van der Waals surface area (Å²) in [6.07, 6.45) is 0.861. The smallest absolute Gasteiger partial charge is 0.325 e. The molecule has 1 aromatic carbocycles. The molecular weight excluding hydrogens is 319 g/mol. The number of carboxylic acids is 1. The van der Waals surface area contributed by atoms with Gasteiger partial charge in [0, 0.05) is 28.6 Å². The number of imide groups is 1. The number of carbonyl (C=O) groups is 3. The molecule has 0 heterocycles. The van der Waals surface area contributed by atoms with Crippen LogP contribution in [0.1, 0.15) is 25.7 Å². The van der Waals surface area contributed by atoms with Crippen molar-refractivity contribution in [2.24, 2.45) is 0 Å². The predicted octanol–water partition coefficient (Wildman–Crippen LogP) is 3.29. The van der Waals surface area contributed by atoms with E-state index in [2.05, 4.69) is 10.6 Å². The number of carbonyl (C=O) groups excluding carboxylic acids is 2. The van der Waals surface area contributed by atoms with E-state index in [0.717, 1.165) is 0 Å². The van der Waals surface area contributed by atoms with Gasteiger partial charge in [0.2, 0.25) is 5.91 Å². The minimum Gasteiger partial charge on any atom is -0.481 e. The lowest BCUT2D eigenvalue weighted by molar-refractivity contribution is -0.137. The van der Waals surface area contributed by atoms with Crippen molar-refractivity contribution in [3.63, 3.8) is 0 Å². The molecule has 0 radical (unpaired) electrons. The maximum Gasteiger partial charge on any atom is 0.325 e. The minimum absolute atomic E-state index is 0.000486. The van der Waals surface area contributed by atoms with Gasteiger partial charge in [-0.1, -0.05) is 23.2 Å². The number of aliphatic carboxylic acids is 1. The molecule has 0 bridgehead atoms. The zero-order valence-corrected chi connectivity index (χ0v) is 12.5. The van der Waals surface area contributed by atoms with Gasteiger partial charge in [-0.05, 0) is 31.0 Å². The molecule has 0 aromatic heterocycles. The highest BCUT2D eigenvalue weighted by Gasteiger charge is 2.09. The van der Waals surface area contributed by atoms with Crippen molar-refractivity contribution in [1.82, 2.24) is 5.32 Å². The van der Waals surface area contributed by atoms with Crippen molar-refractivity contribution in [3.05, 3.63) is 28.2 Å². The van der Waals surface area contributed by atoms with E-state index in [1.807, 2.05) is 0 Å². The van der Waals surface area contributed by atoms with E-state index in [-0.39, 0.29) is 12.8 Å². The van der Waals surface area contributed by atoms with Crippen LogP contribution in [-0.4, -0.2) is 23.0 Å². The quantitative estimate of drug-likeness (QED) is 0.696. The number of benzene rings is 1. The second-order valence-electron chi connectivity index (χ2n) is 4.26. The molecule has 1 aromatic rings. The van der Waals surface area contributed by atoms with Crippen LogP contribution in [0.3, 0.4) is 0 Å². The first-order valence-electron chi connectivity index (χ1n) is 6.15. The van der Waals surface area contributed by atoms with Gasteiger partial charge in [0.15, 0.2) is 0 Å². The highest BCUT2D eigenvalue weighted by molar-refractivity contribution is 6.35. The average Bonchev–Trinajstić information content (AvgIpc) is 2.32. The standard InChI is InChI=1S/C13H14Cl2N2O4/c14-8-5-9(15)7-10(6-8)16-13(21)17-11(18)3-1-2-4-12(19)20/h5-7H,1-4H2,(H,19,20)(H2,16,17,18,21). The van der Waals surface area contributed by atoms with Gasteiger partial charge in [0.05, 0.1) is 0 Å². The molecule has 8 heteroatoms. The normalized spacial score (nSPS) is 10.0. The van der Waals surface area contributed by atoms with Crippen molar-refractivity contribution in [2.45, 2.75) is 25.7 Å². The Bertz CT molecular complexity index is 529. The number of hydrogen-bond acceptors (Lipinski definition) is 3. The third-order valence-corrected chi connectivity index (χ3v) is 2.85. The van der Waals surface area contributed by atoms with Crippen LogP contribution in [0.4, 0.5) is 10.5 Å². The number of unbranched alkanes of at least 4 members (excludes halogenated alkanes) is 1. The fourth-order valence-electron chi connectivity index (χ4n) is 1.54. The molecule has 114 valence electrons. The summed E-state index contributed by atoms with van der Waals surface area (Å²) >= 11 is 11.6. The highest BCUT2D eigenvalue weighted by Crippen LogP contribution is 2.22. The van der Waals surface area contributed by atoms with Gasteiger partial charge in [-0.15, -0.1) is 0 Å². The zero-order valence-electron chi connectivity index (χ0n) is 11.0. The molecule has 0 spiro atoms. The lowest BCUT2D eigenvalue weighted by atomic mass is 10.2. The number of hydrogen-bond donors (Lipinski definition) is 3. The lowest BCUT2D eigenvalue weighted by Gasteiger charge is -2.07. The van der Waals surface area contributed by atoms with Gasteiger partial charge in [0.1, 0.15) is 0 Å². The minimum atomic E-state index is -0.911. The van der Waals surface area contributed by atoms with E-state index in [1.54, 1.807) is 0 Å². The molecule has 0 fully saturated rings. The molecule has 0 aliphatic rings. The summed E-state index contributed by atoms with van der Waals surface area (Å²) in [7, 11) is 0. The first-order chi connectivity index (χ1) is 9.86. The second kappa shape index (κ2) is 8.49. The summed E-state index contributed by atoms with van der Waals surface area (Å²) in [6, 6.07) is 3.80. The van der Waals surface area contributed by atoms with Crippen molar-refractivity contribution in [1.29, 1.82) is 0 Å². The van der Waals surface area contributed by atoms with Crippen LogP contribution in [0, 0.1) is 0 Å². The van der Waals surface area contributed by atoms with Crippen LogP contribution in [0.2, 0.25) is 10.0 Å². The SMILES string of the molecule is O=C(O)CCCCC(=O)NC(=O)Nc1cc(Cl)cc(Cl)c1. The maximum absolute atomic E-state index is 11.6. The first kappa shape index (κ1) is 17.3. The van der Waals surface area contributed by atoms with E-state index in [9.17, 15) is 14.4 Å². The van der Waals surface area contributed by atoms with Gasteiger partial charge >= 0.3 is 12.0 Å². The summed E-state index contributed by atoms with van der Waals surface area (Å²) in [5, 5.41) is 13.7. The molecule has 0 saturated carbocycles. The van der Waals surface area contributed by atoms with E-state index in [1.165, 1.54) is 18.2 Å². The average molecular weight is 333 g/mol. The molecule has 0 aliphatic carbocycles. The number of amides is 3. The molecule has 1 rings (SSSR count). The molecule has 0 saturated heterocycles. The largest absolute Gasteiger partial charge is 0.481 e. The summed E-state index contributed by atoms with van der Waals surface area (Å²) < 4.78 is 0. The van der Waals surface area contributed by atoms with Crippen molar-refractivity contribution in [2.75, 3.05) is 5.32 Å². The van der Waals surface area contributed by atoms with Gasteiger partial charge in [0.25, 0.3) is 0 Å². The summed E-state index contributed by atoms with van der Waals surface area (Å²) in [5.41, 5.74) is 0.365. The number of anilines is 1. The highest BCUT2D eigenvalue weighted by atomic mass is 35.5. The molecule has 3 N–H and O–H groups in total. The van der Waals surface area contributed by atoms with Gasteiger partial charge in [-0.2, -0.15) is 0 Å². The molecule has 0 aliphatic heterocycles. The molecule has 0 atom stereocenters. The van der Waals surface area contributed by atoms with Crippen LogP contribution < -0.4 is 10.6 Å². The Hall–Kier alpha value is -1.79. The van der Waals surface area contributed by atoms with Crippen LogP contribution in [0.25, 0.3) is 0 Å². The fourth-order valence-corrected chi connectivity index (χ4v) is 2.07. The predicted molar refractivity (Wildman–Crippen MR) is 79.7 cm³/mol. The van der Waals surface area contributed by atoms with E-state index in [0.29, 0.717) is 28.6 Å². The third kappa shape index (κ3) is 7.53. The molecule has 3 amide bonds. The van der Waals surface area contributed by atoms with E-state index < -0.39 is 17.9 Å². The lowest BCUT2D eigenvalue weighted by Crippen LogP contribution is -2.34. The van der Waals surface area contributed by atoms with Crippen LogP contribution in [0.5, 0.6) is 0 Å². The van der Waals surface area contributed by atoms with Crippen LogP contribution >= 0.6 is 23.2 Å². The monoisotopic (exact) mass is 332 g/mol. The molecule has 6 nitrogen and oxygen atoms in total. The number of nitrogens with one attached hydrogen (secondary N) is 2. The number of urea groups is 1. The van der Waals surface area contributed by atoms with E-state index in [4.69, 9.17) is 28.3 Å². The van der Waals surface area contributed by atoms with Crippen molar-refractivity contribution < 1.29 is 19.5 Å². The number of halogens is 2. The Balaban J connectivity index is 2.35. The topological polar surface area (TPSA) is 95.5 Å². The second-order valence-corrected chi connectivity index (χ2v) is 5.13. The zero-order chi connectivity index (χ0) is 15.8.